The number of carbonyl (C=O) groups excluding carboxylic acids is 4. The Kier molecular flexibility index (Phi) is 10.7. The fourth-order valence-corrected chi connectivity index (χ4v) is 4.32. The van der Waals surface area contributed by atoms with Crippen LogP contribution in [0.2, 0.25) is 0 Å². The third-order valence-corrected chi connectivity index (χ3v) is 6.13. The molecule has 0 saturated heterocycles. The van der Waals surface area contributed by atoms with Gasteiger partial charge in [-0.1, -0.05) is 42.0 Å². The number of ether oxygens (including phenoxy) is 1. The molecule has 0 bridgehead atoms. The Labute approximate surface area is 231 Å². The molecule has 0 aliphatic heterocycles. The Bertz CT molecular complexity index is 1200. The van der Waals surface area contributed by atoms with Crippen molar-refractivity contribution in [2.45, 2.75) is 92.0 Å². The molecule has 0 radical (unpaired) electrons. The Balaban J connectivity index is 2.58. The molecule has 2 aromatic carbocycles. The third kappa shape index (κ3) is 9.12. The molecule has 2 atom stereocenters. The number of amides is 4. The van der Waals surface area contributed by atoms with Crippen LogP contribution in [-0.2, 0) is 19.1 Å². The minimum absolute atomic E-state index is 0.0460. The largest absolute Gasteiger partial charge is 0.444 e. The standard InChI is InChI=1S/C30H42N4O5/c1-18(2)34(28(37)24(15-16-25(31)35)33-29(38)39-30(6,7)8)26(22-14-13-19(3)17-21(22)5)27(36)32-23-12-10-9-11-20(23)4/h9-14,17-18,24,26H,15-16H2,1-8H3,(H2,31,35)(H,32,36)(H,33,38). The van der Waals surface area contributed by atoms with E-state index >= 15 is 0 Å². The van der Waals surface area contributed by atoms with Crippen molar-refractivity contribution in [1.82, 2.24) is 10.2 Å². The summed E-state index contributed by atoms with van der Waals surface area (Å²) in [6.45, 7) is 14.5. The zero-order valence-corrected chi connectivity index (χ0v) is 24.3. The zero-order valence-electron chi connectivity index (χ0n) is 24.3. The number of primary amides is 1. The van der Waals surface area contributed by atoms with Crippen molar-refractivity contribution in [3.05, 3.63) is 64.7 Å². The Morgan fingerprint density at radius 3 is 2.15 bits per heavy atom. The van der Waals surface area contributed by atoms with Crippen molar-refractivity contribution >= 4 is 29.5 Å². The van der Waals surface area contributed by atoms with Gasteiger partial charge in [0.1, 0.15) is 17.7 Å². The summed E-state index contributed by atoms with van der Waals surface area (Å²) in [6, 6.07) is 10.5. The zero-order chi connectivity index (χ0) is 29.5. The van der Waals surface area contributed by atoms with E-state index in [0.717, 1.165) is 16.7 Å². The van der Waals surface area contributed by atoms with Crippen molar-refractivity contribution < 1.29 is 23.9 Å². The predicted octanol–water partition coefficient (Wildman–Crippen LogP) is 4.69. The monoisotopic (exact) mass is 538 g/mol. The number of nitrogens with two attached hydrogens (primary N) is 1. The molecule has 212 valence electrons. The number of nitrogens with zero attached hydrogens (tertiary/aromatic N) is 1. The Morgan fingerprint density at radius 2 is 1.62 bits per heavy atom. The highest BCUT2D eigenvalue weighted by molar-refractivity contribution is 5.99. The van der Waals surface area contributed by atoms with Crippen LogP contribution >= 0.6 is 0 Å². The van der Waals surface area contributed by atoms with Crippen LogP contribution in [0.4, 0.5) is 10.5 Å². The minimum atomic E-state index is -1.14. The summed E-state index contributed by atoms with van der Waals surface area (Å²) in [5.41, 5.74) is 8.59. The van der Waals surface area contributed by atoms with E-state index in [9.17, 15) is 19.2 Å². The van der Waals surface area contributed by atoms with E-state index < -0.39 is 47.5 Å². The molecule has 9 nitrogen and oxygen atoms in total. The van der Waals surface area contributed by atoms with Crippen molar-refractivity contribution in [3.8, 4) is 0 Å². The molecule has 4 amide bonds. The van der Waals surface area contributed by atoms with Gasteiger partial charge in [0, 0.05) is 18.2 Å². The van der Waals surface area contributed by atoms with Crippen molar-refractivity contribution in [3.63, 3.8) is 0 Å². The topological polar surface area (TPSA) is 131 Å². The average Bonchev–Trinajstić information content (AvgIpc) is 2.80. The molecule has 9 heteroatoms. The summed E-state index contributed by atoms with van der Waals surface area (Å²) in [6.07, 6.45) is -0.987. The second kappa shape index (κ2) is 13.3. The van der Waals surface area contributed by atoms with Gasteiger partial charge in [-0.25, -0.2) is 4.79 Å². The lowest BCUT2D eigenvalue weighted by Gasteiger charge is -2.37. The van der Waals surface area contributed by atoms with E-state index in [1.807, 2.05) is 57.2 Å². The smallest absolute Gasteiger partial charge is 0.408 e. The first-order valence-electron chi connectivity index (χ1n) is 13.1. The van der Waals surface area contributed by atoms with E-state index in [-0.39, 0.29) is 12.8 Å². The maximum atomic E-state index is 14.1. The summed E-state index contributed by atoms with van der Waals surface area (Å²) in [5.74, 6) is -1.54. The number of anilines is 1. The fourth-order valence-electron chi connectivity index (χ4n) is 4.32. The van der Waals surface area contributed by atoms with Crippen molar-refractivity contribution in [2.75, 3.05) is 5.32 Å². The Morgan fingerprint density at radius 1 is 0.974 bits per heavy atom. The molecule has 0 saturated carbocycles. The molecular weight excluding hydrogens is 496 g/mol. The van der Waals surface area contributed by atoms with Crippen LogP contribution < -0.4 is 16.4 Å². The number of rotatable bonds is 10. The number of hydrogen-bond acceptors (Lipinski definition) is 5. The highest BCUT2D eigenvalue weighted by atomic mass is 16.6. The second-order valence-corrected chi connectivity index (χ2v) is 11.1. The highest BCUT2D eigenvalue weighted by Crippen LogP contribution is 2.30. The Hall–Kier alpha value is -3.88. The molecule has 2 rings (SSSR count). The number of nitrogens with one attached hydrogen (secondary N) is 2. The summed E-state index contributed by atoms with van der Waals surface area (Å²) >= 11 is 0. The molecular formula is C30H42N4O5. The van der Waals surface area contributed by atoms with Crippen LogP contribution in [0, 0.1) is 20.8 Å². The van der Waals surface area contributed by atoms with E-state index in [4.69, 9.17) is 10.5 Å². The first-order chi connectivity index (χ1) is 18.1. The number of para-hydroxylation sites is 1. The van der Waals surface area contributed by atoms with Gasteiger partial charge in [-0.05, 0) is 84.6 Å². The normalized spacial score (nSPS) is 12.8. The summed E-state index contributed by atoms with van der Waals surface area (Å²) in [5, 5.41) is 5.58. The second-order valence-electron chi connectivity index (χ2n) is 11.1. The van der Waals surface area contributed by atoms with Gasteiger partial charge in [0.25, 0.3) is 5.91 Å². The molecule has 0 aromatic heterocycles. The van der Waals surface area contributed by atoms with Crippen molar-refractivity contribution in [2.24, 2.45) is 5.73 Å². The maximum Gasteiger partial charge on any atom is 0.408 e. The lowest BCUT2D eigenvalue weighted by atomic mass is 9.95. The van der Waals surface area contributed by atoms with Crippen LogP contribution in [0.15, 0.2) is 42.5 Å². The molecule has 0 aliphatic rings. The van der Waals surface area contributed by atoms with E-state index in [1.165, 1.54) is 4.90 Å². The van der Waals surface area contributed by atoms with Gasteiger partial charge in [0.15, 0.2) is 0 Å². The van der Waals surface area contributed by atoms with Gasteiger partial charge in [0.05, 0.1) is 0 Å². The molecule has 0 fully saturated rings. The lowest BCUT2D eigenvalue weighted by molar-refractivity contribution is -0.143. The average molecular weight is 539 g/mol. The van der Waals surface area contributed by atoms with E-state index in [1.54, 1.807) is 40.7 Å². The van der Waals surface area contributed by atoms with Gasteiger partial charge in [-0.15, -0.1) is 0 Å². The molecule has 0 aliphatic carbocycles. The minimum Gasteiger partial charge on any atom is -0.444 e. The van der Waals surface area contributed by atoms with Crippen molar-refractivity contribution in [1.29, 1.82) is 0 Å². The summed E-state index contributed by atoms with van der Waals surface area (Å²) in [7, 11) is 0. The van der Waals surface area contributed by atoms with Crippen LogP contribution in [-0.4, -0.2) is 46.4 Å². The molecule has 0 heterocycles. The van der Waals surface area contributed by atoms with Crippen LogP contribution in [0.3, 0.4) is 0 Å². The lowest BCUT2D eigenvalue weighted by Crippen LogP contribution is -2.54. The van der Waals surface area contributed by atoms with Gasteiger partial charge in [-0.2, -0.15) is 0 Å². The van der Waals surface area contributed by atoms with Crippen LogP contribution in [0.25, 0.3) is 0 Å². The van der Waals surface area contributed by atoms with Crippen LogP contribution in [0.5, 0.6) is 0 Å². The highest BCUT2D eigenvalue weighted by Gasteiger charge is 2.38. The van der Waals surface area contributed by atoms with E-state index in [0.29, 0.717) is 11.3 Å². The van der Waals surface area contributed by atoms with Gasteiger partial charge in [-0.3, -0.25) is 14.4 Å². The van der Waals surface area contributed by atoms with E-state index in [2.05, 4.69) is 10.6 Å². The molecule has 39 heavy (non-hydrogen) atoms. The fraction of sp³-hybridized carbons (Fsp3) is 0.467. The third-order valence-electron chi connectivity index (χ3n) is 6.13. The van der Waals surface area contributed by atoms with Gasteiger partial charge in [0.2, 0.25) is 11.8 Å². The quantitative estimate of drug-likeness (QED) is 0.404. The number of hydrogen-bond donors (Lipinski definition) is 3. The number of aryl methyl sites for hydroxylation is 3. The molecule has 0 spiro atoms. The van der Waals surface area contributed by atoms with Gasteiger partial charge < -0.3 is 26.0 Å². The molecule has 2 aromatic rings. The SMILES string of the molecule is Cc1ccc(C(C(=O)Nc2ccccc2C)N(C(=O)C(CCC(N)=O)NC(=O)OC(C)(C)C)C(C)C)c(C)c1. The molecule has 4 N–H and O–H groups in total. The summed E-state index contributed by atoms with van der Waals surface area (Å²) < 4.78 is 5.37. The van der Waals surface area contributed by atoms with Gasteiger partial charge >= 0.3 is 6.09 Å². The predicted molar refractivity (Wildman–Crippen MR) is 152 cm³/mol. The summed E-state index contributed by atoms with van der Waals surface area (Å²) in [4.78, 5) is 53.8. The number of benzene rings is 2. The molecule has 2 unspecified atom stereocenters. The maximum absolute atomic E-state index is 14.1. The van der Waals surface area contributed by atoms with Crippen LogP contribution in [0.1, 0.15) is 75.8 Å². The number of alkyl carbamates (subject to hydrolysis) is 1. The first kappa shape index (κ1) is 31.3. The number of carbonyl (C=O) groups is 4. The first-order valence-corrected chi connectivity index (χ1v) is 13.1.